The summed E-state index contributed by atoms with van der Waals surface area (Å²) in [6.45, 7) is -6.92. The van der Waals surface area contributed by atoms with E-state index in [1.807, 2.05) is 6.07 Å². The molecular formula is C26H27FN4O2. The molecule has 33 heavy (non-hydrogen) atoms. The number of nitrogens with zero attached hydrogens (tertiary/aromatic N) is 3. The highest BCUT2D eigenvalue weighted by molar-refractivity contribution is 5.98. The molecule has 0 amide bonds. The van der Waals surface area contributed by atoms with E-state index in [9.17, 15) is 14.4 Å². The van der Waals surface area contributed by atoms with E-state index in [2.05, 4.69) is 10.3 Å². The predicted molar refractivity (Wildman–Crippen MR) is 128 cm³/mol. The highest BCUT2D eigenvalue weighted by atomic mass is 19.1. The lowest BCUT2D eigenvalue weighted by atomic mass is 10.0. The SMILES string of the molecule is [2H]/C(=C\C([2H])([2H])N(C)C)C(=O)Cc1cc2c(Nc3ccc(F)c(C)c3)c(C#N)cnc2cc1OC([2H])([2H])C([2H])([2H])[2H]. The largest absolute Gasteiger partial charge is 0.494 e. The highest BCUT2D eigenvalue weighted by Crippen LogP contribution is 2.34. The Balaban J connectivity index is 2.21. The fourth-order valence-electron chi connectivity index (χ4n) is 3.10. The Bertz CT molecular complexity index is 1570. The Hall–Kier alpha value is -3.76. The Morgan fingerprint density at radius 3 is 2.94 bits per heavy atom. The minimum absolute atomic E-state index is 0.0329. The number of benzene rings is 2. The molecule has 1 heterocycles. The van der Waals surface area contributed by atoms with Gasteiger partial charge in [-0.25, -0.2) is 4.39 Å². The van der Waals surface area contributed by atoms with Gasteiger partial charge in [-0.05, 0) is 63.8 Å². The number of ether oxygens (including phenoxy) is 1. The lowest BCUT2D eigenvalue weighted by Gasteiger charge is -2.15. The lowest BCUT2D eigenvalue weighted by molar-refractivity contribution is -0.114. The second kappa shape index (κ2) is 10.7. The van der Waals surface area contributed by atoms with E-state index in [-0.39, 0.29) is 33.5 Å². The van der Waals surface area contributed by atoms with E-state index < -0.39 is 44.0 Å². The van der Waals surface area contributed by atoms with Crippen molar-refractivity contribution in [3.8, 4) is 11.8 Å². The van der Waals surface area contributed by atoms with E-state index in [4.69, 9.17) is 15.7 Å². The van der Waals surface area contributed by atoms with Gasteiger partial charge in [0.25, 0.3) is 0 Å². The number of likely N-dealkylation sites (N-methyl/N-ethyl adjacent to an activating group) is 1. The van der Waals surface area contributed by atoms with Crippen molar-refractivity contribution in [1.29, 1.82) is 5.26 Å². The molecule has 0 fully saturated rings. The van der Waals surface area contributed by atoms with Crippen LogP contribution in [-0.2, 0) is 11.2 Å². The molecule has 2 aromatic carbocycles. The molecule has 0 bridgehead atoms. The first-order chi connectivity index (χ1) is 18.9. The van der Waals surface area contributed by atoms with Crippen LogP contribution in [0.15, 0.2) is 48.7 Å². The molecule has 0 radical (unpaired) electrons. The van der Waals surface area contributed by atoms with Gasteiger partial charge in [0.15, 0.2) is 5.78 Å². The van der Waals surface area contributed by atoms with Crippen LogP contribution in [0.2, 0.25) is 0 Å². The van der Waals surface area contributed by atoms with Gasteiger partial charge in [-0.15, -0.1) is 0 Å². The molecule has 1 N–H and O–H groups in total. The third-order valence-corrected chi connectivity index (χ3v) is 4.67. The number of nitriles is 1. The summed E-state index contributed by atoms with van der Waals surface area (Å²) in [5.41, 5.74) is 1.22. The maximum absolute atomic E-state index is 13.8. The number of nitrogens with one attached hydrogen (secondary N) is 1. The molecule has 0 aliphatic carbocycles. The average Bonchev–Trinajstić information content (AvgIpc) is 2.85. The molecule has 3 aromatic rings. The number of hydrogen-bond donors (Lipinski definition) is 1. The summed E-state index contributed by atoms with van der Waals surface area (Å²) in [7, 11) is 2.86. The van der Waals surface area contributed by atoms with Crippen molar-refractivity contribution in [2.45, 2.75) is 20.2 Å². The summed E-state index contributed by atoms with van der Waals surface area (Å²) in [6, 6.07) is 8.13. The van der Waals surface area contributed by atoms with Crippen molar-refractivity contribution in [3.05, 3.63) is 71.2 Å². The maximum atomic E-state index is 13.8. The molecular weight excluding hydrogens is 419 g/mol. The van der Waals surface area contributed by atoms with Gasteiger partial charge >= 0.3 is 0 Å². The van der Waals surface area contributed by atoms with Crippen LogP contribution >= 0.6 is 0 Å². The number of anilines is 2. The third kappa shape index (κ3) is 5.93. The monoisotopic (exact) mass is 454 g/mol. The van der Waals surface area contributed by atoms with Gasteiger partial charge < -0.3 is 15.0 Å². The van der Waals surface area contributed by atoms with Crippen LogP contribution in [0.1, 0.15) is 34.5 Å². The summed E-state index contributed by atoms with van der Waals surface area (Å²) in [4.78, 5) is 18.4. The number of fused-ring (bicyclic) bond motifs is 1. The number of rotatable bonds is 9. The van der Waals surface area contributed by atoms with Crippen molar-refractivity contribution in [1.82, 2.24) is 9.88 Å². The van der Waals surface area contributed by atoms with Gasteiger partial charge in [0.05, 0.1) is 27.4 Å². The second-order valence-electron chi connectivity index (χ2n) is 7.34. The maximum Gasteiger partial charge on any atom is 0.159 e. The minimum Gasteiger partial charge on any atom is -0.494 e. The number of aromatic nitrogens is 1. The standard InChI is InChI=1S/C26H27FN4O2/c1-5-33-25-14-24-22(13-18(25)12-21(32)7-6-10-31(3)4)26(19(15-28)16-29-24)30-20-8-9-23(27)17(2)11-20/h6-9,11,13-14,16H,5,10,12H2,1-4H3,(H,29,30)/b7-6+/i1D3,5D2,7D,10D2. The summed E-state index contributed by atoms with van der Waals surface area (Å²) in [6.07, 6.45) is 1.47. The summed E-state index contributed by atoms with van der Waals surface area (Å²) < 4.78 is 81.5. The molecule has 0 aliphatic heterocycles. The van der Waals surface area contributed by atoms with E-state index in [0.29, 0.717) is 11.3 Å². The number of halogens is 1. The summed E-state index contributed by atoms with van der Waals surface area (Å²) in [5, 5.41) is 13.1. The fraction of sp³-hybridized carbons (Fsp3) is 0.269. The second-order valence-corrected chi connectivity index (χ2v) is 7.34. The molecule has 1 aromatic heterocycles. The molecule has 170 valence electrons. The number of ketones is 1. The first-order valence-electron chi connectivity index (χ1n) is 13.8. The van der Waals surface area contributed by atoms with Gasteiger partial charge in [-0.2, -0.15) is 5.26 Å². The van der Waals surface area contributed by atoms with Crippen molar-refractivity contribution in [2.75, 3.05) is 32.5 Å². The molecule has 0 saturated carbocycles. The van der Waals surface area contributed by atoms with Crippen molar-refractivity contribution < 1.29 is 24.9 Å². The molecule has 0 saturated heterocycles. The van der Waals surface area contributed by atoms with Crippen LogP contribution in [-0.4, -0.2) is 42.8 Å². The quantitative estimate of drug-likeness (QED) is 0.462. The van der Waals surface area contributed by atoms with Gasteiger partial charge in [0.2, 0.25) is 0 Å². The predicted octanol–water partition coefficient (Wildman–Crippen LogP) is 4.93. The van der Waals surface area contributed by atoms with E-state index in [1.54, 1.807) is 6.92 Å². The van der Waals surface area contributed by atoms with Crippen LogP contribution in [0, 0.1) is 24.1 Å². The molecule has 7 heteroatoms. The molecule has 0 aliphatic rings. The van der Waals surface area contributed by atoms with Gasteiger partial charge in [0, 0.05) is 48.7 Å². The number of hydrogen-bond acceptors (Lipinski definition) is 6. The lowest BCUT2D eigenvalue weighted by Crippen LogP contribution is -2.11. The summed E-state index contributed by atoms with van der Waals surface area (Å²) in [5.74, 6) is -1.63. The van der Waals surface area contributed by atoms with Crippen molar-refractivity contribution >= 4 is 28.1 Å². The smallest absolute Gasteiger partial charge is 0.159 e. The number of aryl methyl sites for hydroxylation is 1. The molecule has 6 nitrogen and oxygen atoms in total. The Kier molecular flexibility index (Phi) is 4.91. The number of pyridine rings is 1. The highest BCUT2D eigenvalue weighted by Gasteiger charge is 2.16. The Morgan fingerprint density at radius 2 is 2.24 bits per heavy atom. The number of allylic oxidation sites excluding steroid dienone is 1. The zero-order chi connectivity index (χ0) is 30.9. The Labute approximate surface area is 204 Å². The zero-order valence-corrected chi connectivity index (χ0v) is 18.3. The van der Waals surface area contributed by atoms with Crippen LogP contribution in [0.4, 0.5) is 15.8 Å². The molecule has 3 rings (SSSR count). The van der Waals surface area contributed by atoms with Gasteiger partial charge in [-0.3, -0.25) is 9.78 Å². The van der Waals surface area contributed by atoms with E-state index >= 15 is 0 Å². The van der Waals surface area contributed by atoms with Crippen molar-refractivity contribution in [3.63, 3.8) is 0 Å². The van der Waals surface area contributed by atoms with E-state index in [1.165, 1.54) is 50.6 Å². The molecule has 0 unspecified atom stereocenters. The topological polar surface area (TPSA) is 78.3 Å². The van der Waals surface area contributed by atoms with Crippen LogP contribution in [0.3, 0.4) is 0 Å². The first kappa shape index (κ1) is 15.1. The Morgan fingerprint density at radius 1 is 1.42 bits per heavy atom. The first-order valence-corrected chi connectivity index (χ1v) is 9.84. The van der Waals surface area contributed by atoms with Crippen molar-refractivity contribution in [2.24, 2.45) is 0 Å². The zero-order valence-electron chi connectivity index (χ0n) is 26.3. The minimum atomic E-state index is -3.20. The molecule has 0 spiro atoms. The van der Waals surface area contributed by atoms with E-state index in [0.717, 1.165) is 11.0 Å². The van der Waals surface area contributed by atoms with Gasteiger partial charge in [0.1, 0.15) is 17.6 Å². The van der Waals surface area contributed by atoms with Crippen LogP contribution < -0.4 is 10.1 Å². The van der Waals surface area contributed by atoms with Crippen LogP contribution in [0.25, 0.3) is 10.9 Å². The average molecular weight is 455 g/mol. The van der Waals surface area contributed by atoms with Crippen LogP contribution in [0.5, 0.6) is 5.75 Å². The van der Waals surface area contributed by atoms with Gasteiger partial charge in [-0.1, -0.05) is 6.08 Å². The molecule has 0 atom stereocenters. The third-order valence-electron chi connectivity index (χ3n) is 4.67. The number of carbonyl (C=O) groups is 1. The summed E-state index contributed by atoms with van der Waals surface area (Å²) >= 11 is 0. The number of carbonyl (C=O) groups excluding carboxylic acids is 1. The normalized spacial score (nSPS) is 16.3. The fourth-order valence-corrected chi connectivity index (χ4v) is 3.10.